The summed E-state index contributed by atoms with van der Waals surface area (Å²) in [6, 6.07) is 9.68. The second kappa shape index (κ2) is 9.50. The van der Waals surface area contributed by atoms with Gasteiger partial charge < -0.3 is 14.6 Å². The number of nitrogens with one attached hydrogen (secondary N) is 1. The van der Waals surface area contributed by atoms with Crippen LogP contribution in [0.1, 0.15) is 24.8 Å². The lowest BCUT2D eigenvalue weighted by Gasteiger charge is -2.34. The molecule has 1 N–H and O–H groups in total. The molecule has 28 heavy (non-hydrogen) atoms. The standard InChI is InChI=1S/C21H28N4O3/c1-3-9-22-19(26)15-24-10-12-25(13-11-24)20(27)14-18-16(2)28-21(23-18)17-7-5-4-6-8-17/h4-8H,3,9-15H2,1-2H3,(H,22,26). The number of aryl methyl sites for hydroxylation is 1. The van der Waals surface area contributed by atoms with Crippen LogP contribution in [-0.4, -0.2) is 65.9 Å². The highest BCUT2D eigenvalue weighted by Crippen LogP contribution is 2.22. The number of benzene rings is 1. The summed E-state index contributed by atoms with van der Waals surface area (Å²) in [5, 5.41) is 2.89. The van der Waals surface area contributed by atoms with Crippen molar-refractivity contribution in [2.24, 2.45) is 0 Å². The van der Waals surface area contributed by atoms with Crippen molar-refractivity contribution < 1.29 is 14.0 Å². The Hall–Kier alpha value is -2.67. The predicted molar refractivity (Wildman–Crippen MR) is 107 cm³/mol. The van der Waals surface area contributed by atoms with Crippen LogP contribution in [0.5, 0.6) is 0 Å². The SMILES string of the molecule is CCCNC(=O)CN1CCN(C(=O)Cc2nc(-c3ccccc3)oc2C)CC1. The van der Waals surface area contributed by atoms with Gasteiger partial charge in [-0.05, 0) is 25.5 Å². The molecular formula is C21H28N4O3. The number of hydrogen-bond donors (Lipinski definition) is 1. The van der Waals surface area contributed by atoms with Crippen molar-refractivity contribution in [3.8, 4) is 11.5 Å². The Labute approximate surface area is 165 Å². The van der Waals surface area contributed by atoms with E-state index >= 15 is 0 Å². The second-order valence-electron chi connectivity index (χ2n) is 7.07. The number of piperazine rings is 1. The molecule has 7 heteroatoms. The zero-order chi connectivity index (χ0) is 19.9. The first-order valence-corrected chi connectivity index (χ1v) is 9.85. The molecule has 0 radical (unpaired) electrons. The summed E-state index contributed by atoms with van der Waals surface area (Å²) in [5.41, 5.74) is 1.59. The van der Waals surface area contributed by atoms with Crippen LogP contribution in [0, 0.1) is 6.92 Å². The van der Waals surface area contributed by atoms with Crippen molar-refractivity contribution in [1.82, 2.24) is 20.1 Å². The van der Waals surface area contributed by atoms with Crippen LogP contribution < -0.4 is 5.32 Å². The summed E-state index contributed by atoms with van der Waals surface area (Å²) in [6.07, 6.45) is 1.17. The molecule has 1 aliphatic heterocycles. The average Bonchev–Trinajstić information content (AvgIpc) is 3.08. The number of oxazole rings is 1. The molecule has 7 nitrogen and oxygen atoms in total. The van der Waals surface area contributed by atoms with Crippen molar-refractivity contribution >= 4 is 11.8 Å². The maximum atomic E-state index is 12.7. The van der Waals surface area contributed by atoms with Gasteiger partial charge in [0.2, 0.25) is 17.7 Å². The van der Waals surface area contributed by atoms with E-state index in [1.807, 2.05) is 49.1 Å². The van der Waals surface area contributed by atoms with Gasteiger partial charge in [-0.15, -0.1) is 0 Å². The van der Waals surface area contributed by atoms with Crippen molar-refractivity contribution in [1.29, 1.82) is 0 Å². The number of amides is 2. The van der Waals surface area contributed by atoms with Crippen LogP contribution >= 0.6 is 0 Å². The minimum Gasteiger partial charge on any atom is -0.441 e. The number of nitrogens with zero attached hydrogens (tertiary/aromatic N) is 3. The van der Waals surface area contributed by atoms with Gasteiger partial charge in [-0.2, -0.15) is 0 Å². The third-order valence-electron chi connectivity index (χ3n) is 4.90. The number of hydrogen-bond acceptors (Lipinski definition) is 5. The molecule has 0 atom stereocenters. The fourth-order valence-electron chi connectivity index (χ4n) is 3.23. The van der Waals surface area contributed by atoms with Crippen molar-refractivity contribution in [3.63, 3.8) is 0 Å². The van der Waals surface area contributed by atoms with Gasteiger partial charge in [-0.1, -0.05) is 25.1 Å². The molecule has 0 aliphatic carbocycles. The highest BCUT2D eigenvalue weighted by molar-refractivity contribution is 5.79. The van der Waals surface area contributed by atoms with Gasteiger partial charge >= 0.3 is 0 Å². The van der Waals surface area contributed by atoms with Crippen molar-refractivity contribution in [3.05, 3.63) is 41.8 Å². The normalized spacial score (nSPS) is 14.9. The third kappa shape index (κ3) is 5.19. The summed E-state index contributed by atoms with van der Waals surface area (Å²) >= 11 is 0. The number of aromatic nitrogens is 1. The Morgan fingerprint density at radius 2 is 1.86 bits per heavy atom. The molecule has 0 spiro atoms. The van der Waals surface area contributed by atoms with Crippen molar-refractivity contribution in [2.45, 2.75) is 26.7 Å². The zero-order valence-electron chi connectivity index (χ0n) is 16.6. The summed E-state index contributed by atoms with van der Waals surface area (Å²) in [5.74, 6) is 1.32. The van der Waals surface area contributed by atoms with E-state index in [0.29, 0.717) is 56.6 Å². The largest absolute Gasteiger partial charge is 0.441 e. The van der Waals surface area contributed by atoms with Gasteiger partial charge in [0, 0.05) is 38.3 Å². The first kappa shape index (κ1) is 20.1. The first-order valence-electron chi connectivity index (χ1n) is 9.85. The fourth-order valence-corrected chi connectivity index (χ4v) is 3.23. The summed E-state index contributed by atoms with van der Waals surface area (Å²) in [7, 11) is 0. The van der Waals surface area contributed by atoms with Gasteiger partial charge in [0.05, 0.1) is 18.7 Å². The molecule has 2 aromatic rings. The van der Waals surface area contributed by atoms with Gasteiger partial charge in [-0.3, -0.25) is 14.5 Å². The highest BCUT2D eigenvalue weighted by atomic mass is 16.4. The molecule has 1 fully saturated rings. The van der Waals surface area contributed by atoms with Crippen LogP contribution in [-0.2, 0) is 16.0 Å². The molecule has 1 aliphatic rings. The molecule has 1 aromatic carbocycles. The quantitative estimate of drug-likeness (QED) is 0.788. The molecule has 0 bridgehead atoms. The van der Waals surface area contributed by atoms with Crippen LogP contribution in [0.25, 0.3) is 11.5 Å². The molecule has 3 rings (SSSR count). The molecular weight excluding hydrogens is 356 g/mol. The second-order valence-corrected chi connectivity index (χ2v) is 7.07. The van der Waals surface area contributed by atoms with E-state index in [-0.39, 0.29) is 18.2 Å². The lowest BCUT2D eigenvalue weighted by atomic mass is 10.2. The van der Waals surface area contributed by atoms with E-state index in [1.165, 1.54) is 0 Å². The van der Waals surface area contributed by atoms with E-state index in [0.717, 1.165) is 12.0 Å². The predicted octanol–water partition coefficient (Wildman–Crippen LogP) is 1.86. The van der Waals surface area contributed by atoms with E-state index < -0.39 is 0 Å². The Bertz CT molecular complexity index is 795. The Kier molecular flexibility index (Phi) is 6.81. The Morgan fingerprint density at radius 3 is 2.54 bits per heavy atom. The highest BCUT2D eigenvalue weighted by Gasteiger charge is 2.24. The maximum Gasteiger partial charge on any atom is 0.234 e. The van der Waals surface area contributed by atoms with Gasteiger partial charge in [0.1, 0.15) is 5.76 Å². The van der Waals surface area contributed by atoms with Crippen LogP contribution in [0.15, 0.2) is 34.7 Å². The van der Waals surface area contributed by atoms with Crippen LogP contribution in [0.3, 0.4) is 0 Å². The molecule has 0 saturated carbocycles. The molecule has 0 unspecified atom stereocenters. The first-order chi connectivity index (χ1) is 13.6. The molecule has 2 heterocycles. The van der Waals surface area contributed by atoms with E-state index in [9.17, 15) is 9.59 Å². The van der Waals surface area contributed by atoms with Crippen LogP contribution in [0.2, 0.25) is 0 Å². The fraction of sp³-hybridized carbons (Fsp3) is 0.476. The Morgan fingerprint density at radius 1 is 1.14 bits per heavy atom. The lowest BCUT2D eigenvalue weighted by Crippen LogP contribution is -2.51. The molecule has 1 saturated heterocycles. The van der Waals surface area contributed by atoms with Gasteiger partial charge in [0.25, 0.3) is 0 Å². The van der Waals surface area contributed by atoms with E-state index in [2.05, 4.69) is 15.2 Å². The topological polar surface area (TPSA) is 78.7 Å². The Balaban J connectivity index is 1.51. The van der Waals surface area contributed by atoms with Crippen molar-refractivity contribution in [2.75, 3.05) is 39.3 Å². The van der Waals surface area contributed by atoms with Crippen LogP contribution in [0.4, 0.5) is 0 Å². The smallest absolute Gasteiger partial charge is 0.234 e. The average molecular weight is 384 g/mol. The minimum absolute atomic E-state index is 0.0473. The summed E-state index contributed by atoms with van der Waals surface area (Å²) < 4.78 is 5.75. The molecule has 1 aromatic heterocycles. The lowest BCUT2D eigenvalue weighted by molar-refractivity contribution is -0.132. The minimum atomic E-state index is 0.0473. The van der Waals surface area contributed by atoms with E-state index in [4.69, 9.17) is 4.42 Å². The van der Waals surface area contributed by atoms with Gasteiger partial charge in [0.15, 0.2) is 0 Å². The maximum absolute atomic E-state index is 12.7. The number of rotatable bonds is 7. The van der Waals surface area contributed by atoms with E-state index in [1.54, 1.807) is 0 Å². The molecule has 2 amide bonds. The third-order valence-corrected chi connectivity index (χ3v) is 4.90. The summed E-state index contributed by atoms with van der Waals surface area (Å²) in [6.45, 7) is 7.64. The zero-order valence-corrected chi connectivity index (χ0v) is 16.6. The number of carbonyl (C=O) groups excluding carboxylic acids is 2. The summed E-state index contributed by atoms with van der Waals surface area (Å²) in [4.78, 5) is 33.0. The monoisotopic (exact) mass is 384 g/mol. The number of carbonyl (C=O) groups is 2. The van der Waals surface area contributed by atoms with Gasteiger partial charge in [-0.25, -0.2) is 4.98 Å². The molecule has 150 valence electrons.